The lowest BCUT2D eigenvalue weighted by molar-refractivity contribution is 0.0501. The van der Waals surface area contributed by atoms with Crippen LogP contribution in [-0.4, -0.2) is 93.4 Å². The summed E-state index contributed by atoms with van der Waals surface area (Å²) in [5.41, 5.74) is -3.15. The molecule has 2 saturated carbocycles. The summed E-state index contributed by atoms with van der Waals surface area (Å²) in [6, 6.07) is 18.2. The Balaban J connectivity index is 0.000000219. The summed E-state index contributed by atoms with van der Waals surface area (Å²) >= 11 is 3.33. The smallest absolute Gasteiger partial charge is 0.416 e. The Labute approximate surface area is 437 Å². The monoisotopic (exact) mass is 1100 g/mol. The van der Waals surface area contributed by atoms with Gasteiger partial charge in [0, 0.05) is 59.6 Å². The zero-order chi connectivity index (χ0) is 54.6. The summed E-state index contributed by atoms with van der Waals surface area (Å²) in [6.45, 7) is 9.88. The van der Waals surface area contributed by atoms with Crippen molar-refractivity contribution in [3.8, 4) is 40.1 Å². The number of carbonyl (C=O) groups excluding carboxylic acids is 2. The minimum Gasteiger partial charge on any atom is -0.495 e. The summed E-state index contributed by atoms with van der Waals surface area (Å²) in [7, 11) is 2.75. The van der Waals surface area contributed by atoms with Crippen LogP contribution in [0.15, 0.2) is 89.7 Å². The second-order valence-corrected chi connectivity index (χ2v) is 20.9. The molecule has 22 heteroatoms. The van der Waals surface area contributed by atoms with Crippen molar-refractivity contribution in [1.29, 1.82) is 5.26 Å². The van der Waals surface area contributed by atoms with E-state index in [1.807, 2.05) is 6.07 Å². The number of halogens is 7. The number of alkyl halides is 2. The molecule has 8 rings (SSSR count). The first-order valence-corrected chi connectivity index (χ1v) is 24.2. The second kappa shape index (κ2) is 22.2. The van der Waals surface area contributed by atoms with Crippen LogP contribution in [-0.2, 0) is 20.3 Å². The third-order valence-corrected chi connectivity index (χ3v) is 12.8. The van der Waals surface area contributed by atoms with E-state index in [0.29, 0.717) is 10.2 Å². The van der Waals surface area contributed by atoms with E-state index >= 15 is 0 Å². The van der Waals surface area contributed by atoms with Crippen molar-refractivity contribution in [2.24, 2.45) is 0 Å². The molecule has 0 spiro atoms. The van der Waals surface area contributed by atoms with Crippen LogP contribution in [0.25, 0.3) is 22.5 Å². The molecule has 15 nitrogen and oxygen atoms in total. The van der Waals surface area contributed by atoms with E-state index < -0.39 is 69.8 Å². The maximum Gasteiger partial charge on any atom is 0.416 e. The van der Waals surface area contributed by atoms with Gasteiger partial charge in [-0.1, -0.05) is 0 Å². The number of nitrogens with zero attached hydrogens (tertiary/aromatic N) is 9. The van der Waals surface area contributed by atoms with Gasteiger partial charge in [-0.05, 0) is 144 Å². The highest BCUT2D eigenvalue weighted by atomic mass is 79.9. The highest BCUT2D eigenvalue weighted by Gasteiger charge is 2.52. The van der Waals surface area contributed by atoms with Gasteiger partial charge < -0.3 is 18.9 Å². The number of aromatic nitrogens is 6. The summed E-state index contributed by atoms with van der Waals surface area (Å²) < 4.78 is 109. The van der Waals surface area contributed by atoms with Crippen molar-refractivity contribution >= 4 is 39.8 Å². The molecule has 0 aliphatic heterocycles. The molecular formula is C53H52BrF6N9O6. The van der Waals surface area contributed by atoms with Crippen LogP contribution in [0.4, 0.5) is 47.6 Å². The van der Waals surface area contributed by atoms with Gasteiger partial charge in [-0.3, -0.25) is 19.8 Å². The van der Waals surface area contributed by atoms with Crippen molar-refractivity contribution in [3.63, 3.8) is 0 Å². The average Bonchev–Trinajstić information content (AvgIpc) is 3.33. The maximum atomic E-state index is 14.7. The molecule has 0 bridgehead atoms. The molecule has 0 N–H and O–H groups in total. The molecule has 4 heterocycles. The molecule has 0 saturated heterocycles. The van der Waals surface area contributed by atoms with E-state index in [9.17, 15) is 41.2 Å². The lowest BCUT2D eigenvalue weighted by Crippen LogP contribution is -2.54. The fourth-order valence-corrected chi connectivity index (χ4v) is 9.26. The number of carbonyl (C=O) groups is 2. The lowest BCUT2D eigenvalue weighted by Gasteiger charge is -2.46. The molecule has 2 aliphatic carbocycles. The van der Waals surface area contributed by atoms with Crippen LogP contribution in [0.1, 0.15) is 84.2 Å². The largest absolute Gasteiger partial charge is 0.495 e. The maximum absolute atomic E-state index is 14.7. The van der Waals surface area contributed by atoms with Gasteiger partial charge in [0.05, 0.1) is 47.0 Å². The summed E-state index contributed by atoms with van der Waals surface area (Å²) in [5, 5.41) is 25.8. The fraction of sp³-hybridized carbons (Fsp3) is 0.377. The zero-order valence-electron chi connectivity index (χ0n) is 42.1. The number of pyridine rings is 2. The number of amides is 2. The summed E-state index contributed by atoms with van der Waals surface area (Å²) in [4.78, 5) is 37.2. The minimum atomic E-state index is -1.18. The molecule has 0 radical (unpaired) electrons. The van der Waals surface area contributed by atoms with Crippen LogP contribution < -0.4 is 19.3 Å². The Morgan fingerprint density at radius 1 is 0.640 bits per heavy atom. The first-order valence-electron chi connectivity index (χ1n) is 23.4. The molecule has 0 unspecified atom stereocenters. The molecule has 2 aliphatic rings. The second-order valence-electron chi connectivity index (χ2n) is 20.0. The summed E-state index contributed by atoms with van der Waals surface area (Å²) in [5.74, 6) is -1.92. The van der Waals surface area contributed by atoms with Crippen LogP contribution >= 0.6 is 15.9 Å². The SMILES string of the molecule is COc1cc(F)c(-c2ccc(N(CC3(c4ncccc4F)CC(F)C3)C(=O)OC(C)(C)C)nn2)cc1Br.COc1cc(F)c(-c2ccc(N(CC3(c4ncccc4F)CC(F)C3)C(=O)OC(C)(C)C)nn2)cc1C#N. The number of methoxy groups -OCH3 is 2. The number of ether oxygens (including phenoxy) is 4. The predicted octanol–water partition coefficient (Wildman–Crippen LogP) is 11.9. The van der Waals surface area contributed by atoms with E-state index in [1.165, 1.54) is 98.2 Å². The number of rotatable bonds is 12. The lowest BCUT2D eigenvalue weighted by atomic mass is 9.64. The van der Waals surface area contributed by atoms with Crippen LogP contribution in [0.3, 0.4) is 0 Å². The topological polar surface area (TPSA) is 179 Å². The van der Waals surface area contributed by atoms with Gasteiger partial charge in [0.25, 0.3) is 0 Å². The van der Waals surface area contributed by atoms with Crippen LogP contribution in [0, 0.1) is 34.6 Å². The van der Waals surface area contributed by atoms with E-state index in [2.05, 4.69) is 46.3 Å². The Hall–Kier alpha value is -7.41. The fourth-order valence-electron chi connectivity index (χ4n) is 8.75. The quantitative estimate of drug-likeness (QED) is 0.106. The predicted molar refractivity (Wildman–Crippen MR) is 268 cm³/mol. The van der Waals surface area contributed by atoms with Gasteiger partial charge >= 0.3 is 12.2 Å². The third-order valence-electron chi connectivity index (χ3n) is 12.2. The Kier molecular flexibility index (Phi) is 16.4. The van der Waals surface area contributed by atoms with Gasteiger partial charge in [0.2, 0.25) is 0 Å². The highest BCUT2D eigenvalue weighted by molar-refractivity contribution is 9.10. The molecule has 75 heavy (non-hydrogen) atoms. The molecule has 6 aromatic rings. The Morgan fingerprint density at radius 3 is 1.40 bits per heavy atom. The number of hydrogen-bond donors (Lipinski definition) is 0. The van der Waals surface area contributed by atoms with E-state index in [4.69, 9.17) is 18.9 Å². The average molecular weight is 1100 g/mol. The first-order chi connectivity index (χ1) is 35.4. The molecule has 4 aromatic heterocycles. The van der Waals surface area contributed by atoms with Gasteiger partial charge in [-0.15, -0.1) is 20.4 Å². The summed E-state index contributed by atoms with van der Waals surface area (Å²) in [6.07, 6.45) is -1.17. The number of benzene rings is 2. The number of hydrogen-bond acceptors (Lipinski definition) is 13. The minimum absolute atomic E-state index is 0.0107. The van der Waals surface area contributed by atoms with Gasteiger partial charge in [0.1, 0.15) is 64.4 Å². The number of nitriles is 1. The van der Waals surface area contributed by atoms with Crippen molar-refractivity contribution in [3.05, 3.63) is 130 Å². The van der Waals surface area contributed by atoms with Crippen LogP contribution in [0.2, 0.25) is 0 Å². The van der Waals surface area contributed by atoms with Gasteiger partial charge in [-0.2, -0.15) is 5.26 Å². The number of anilines is 2. The van der Waals surface area contributed by atoms with E-state index in [-0.39, 0.29) is 95.6 Å². The molecular weight excluding hydrogens is 1050 g/mol. The molecule has 394 valence electrons. The van der Waals surface area contributed by atoms with Crippen molar-refractivity contribution < 1.29 is 54.9 Å². The Morgan fingerprint density at radius 2 is 1.05 bits per heavy atom. The zero-order valence-corrected chi connectivity index (χ0v) is 43.7. The normalized spacial score (nSPS) is 19.0. The molecule has 2 aromatic carbocycles. The van der Waals surface area contributed by atoms with Gasteiger partial charge in [0.15, 0.2) is 11.6 Å². The van der Waals surface area contributed by atoms with E-state index in [0.717, 1.165) is 11.0 Å². The van der Waals surface area contributed by atoms with Gasteiger partial charge in [-0.25, -0.2) is 35.9 Å². The van der Waals surface area contributed by atoms with Crippen molar-refractivity contribution in [1.82, 2.24) is 30.4 Å². The van der Waals surface area contributed by atoms with Crippen molar-refractivity contribution in [2.45, 2.75) is 102 Å². The first kappa shape index (κ1) is 55.3. The van der Waals surface area contributed by atoms with E-state index in [1.54, 1.807) is 41.5 Å². The highest BCUT2D eigenvalue weighted by Crippen LogP contribution is 2.48. The third kappa shape index (κ3) is 12.6. The molecule has 2 fully saturated rings. The Bertz CT molecular complexity index is 3090. The standard InChI is InChI=1S/C27H26F3N5O3.C26H26BrF3N4O3/c1-26(2,3)38-25(36)35(15-27(12-17(28)13-27)24-19(29)6-5-9-32-24)23-8-7-21(33-34-23)18-10-16(14-31)22(37-4)11-20(18)30;1-25(2,3)37-24(35)34(14-26(12-15(28)13-26)23-18(29)6-5-9-31-23)22-8-7-20(32-33-22)16-10-17(27)21(36-4)11-19(16)30/h5-11,17H,12-13,15H2,1-4H3;5-11,15H,12-14H2,1-4H3. The molecule has 2 amide bonds. The van der Waals surface area contributed by atoms with Crippen LogP contribution in [0.5, 0.6) is 11.5 Å². The van der Waals surface area contributed by atoms with Crippen molar-refractivity contribution in [2.75, 3.05) is 37.1 Å². The molecule has 0 atom stereocenters.